The Morgan fingerprint density at radius 1 is 1.18 bits per heavy atom. The number of aryl methyl sites for hydroxylation is 1. The van der Waals surface area contributed by atoms with Crippen LogP contribution in [0.15, 0.2) is 52.8 Å². The van der Waals surface area contributed by atoms with Crippen molar-refractivity contribution >= 4 is 17.2 Å². The third-order valence-electron chi connectivity index (χ3n) is 7.87. The summed E-state index contributed by atoms with van der Waals surface area (Å²) in [6.45, 7) is 10.7. The zero-order chi connectivity index (χ0) is 26.5. The predicted octanol–water partition coefficient (Wildman–Crippen LogP) is 4.59. The number of morpholine rings is 1. The van der Waals surface area contributed by atoms with Crippen LogP contribution in [-0.4, -0.2) is 72.6 Å². The van der Waals surface area contributed by atoms with E-state index < -0.39 is 0 Å². The van der Waals surface area contributed by atoms with Gasteiger partial charge in [0.15, 0.2) is 0 Å². The molecule has 38 heavy (non-hydrogen) atoms. The predicted molar refractivity (Wildman–Crippen MR) is 148 cm³/mol. The van der Waals surface area contributed by atoms with Crippen molar-refractivity contribution in [3.8, 4) is 11.1 Å². The van der Waals surface area contributed by atoms with Gasteiger partial charge in [0.2, 0.25) is 5.91 Å². The maximum Gasteiger partial charge on any atom is 0.236 e. The molecular formula is C30H38N4O4. The molecular weight excluding hydrogens is 480 g/mol. The van der Waals surface area contributed by atoms with Gasteiger partial charge in [0.25, 0.3) is 0 Å². The quantitative estimate of drug-likeness (QED) is 0.412. The van der Waals surface area contributed by atoms with E-state index in [2.05, 4.69) is 46.2 Å². The van der Waals surface area contributed by atoms with Gasteiger partial charge in [-0.25, -0.2) is 0 Å². The first-order valence-electron chi connectivity index (χ1n) is 13.7. The van der Waals surface area contributed by atoms with E-state index in [1.807, 2.05) is 18.0 Å². The van der Waals surface area contributed by atoms with Gasteiger partial charge in [-0.3, -0.25) is 9.69 Å². The second-order valence-electron chi connectivity index (χ2n) is 10.4. The average molecular weight is 519 g/mol. The molecule has 2 aromatic rings. The van der Waals surface area contributed by atoms with Gasteiger partial charge >= 0.3 is 0 Å². The molecule has 1 aliphatic carbocycles. The van der Waals surface area contributed by atoms with Crippen molar-refractivity contribution < 1.29 is 19.2 Å². The number of piperidine rings is 1. The minimum absolute atomic E-state index is 0.149. The van der Waals surface area contributed by atoms with Crippen LogP contribution in [0.1, 0.15) is 61.2 Å². The summed E-state index contributed by atoms with van der Waals surface area (Å²) in [5.41, 5.74) is 6.05. The van der Waals surface area contributed by atoms with Crippen LogP contribution in [0.4, 0.5) is 0 Å². The summed E-state index contributed by atoms with van der Waals surface area (Å²) in [6, 6.07) is 8.50. The number of likely N-dealkylation sites (tertiary alicyclic amines) is 1. The van der Waals surface area contributed by atoms with Crippen molar-refractivity contribution in [1.29, 1.82) is 0 Å². The number of carbonyl (C=O) groups excluding carboxylic acids is 1. The fraction of sp³-hybridized carbons (Fsp3) is 0.467. The summed E-state index contributed by atoms with van der Waals surface area (Å²) >= 11 is 0. The molecule has 202 valence electrons. The van der Waals surface area contributed by atoms with Crippen molar-refractivity contribution in [1.82, 2.24) is 15.1 Å². The van der Waals surface area contributed by atoms with Crippen LogP contribution < -0.4 is 5.32 Å². The minimum atomic E-state index is 0.149. The number of allylic oxidation sites excluding steroid dienone is 1. The summed E-state index contributed by atoms with van der Waals surface area (Å²) in [7, 11) is 0. The van der Waals surface area contributed by atoms with E-state index in [1.54, 1.807) is 6.20 Å². The highest BCUT2D eigenvalue weighted by Gasteiger charge is 2.30. The number of fused-ring (bicyclic) bond motifs is 1. The number of benzene rings is 1. The van der Waals surface area contributed by atoms with Crippen LogP contribution in [-0.2, 0) is 16.0 Å². The van der Waals surface area contributed by atoms with E-state index >= 15 is 0 Å². The van der Waals surface area contributed by atoms with Gasteiger partial charge in [0.1, 0.15) is 11.5 Å². The number of amides is 1. The van der Waals surface area contributed by atoms with Crippen LogP contribution >= 0.6 is 0 Å². The molecule has 0 bridgehead atoms. The number of nitrogens with one attached hydrogen (secondary N) is 1. The average Bonchev–Trinajstić information content (AvgIpc) is 3.42. The second-order valence-corrected chi connectivity index (χ2v) is 10.4. The Morgan fingerprint density at radius 2 is 2.03 bits per heavy atom. The zero-order valence-corrected chi connectivity index (χ0v) is 22.2. The fourth-order valence-corrected chi connectivity index (χ4v) is 5.79. The van der Waals surface area contributed by atoms with Gasteiger partial charge < -0.3 is 24.6 Å². The molecule has 8 heteroatoms. The second kappa shape index (κ2) is 12.0. The number of ether oxygens (including phenoxy) is 1. The maximum atomic E-state index is 13.1. The van der Waals surface area contributed by atoms with Crippen molar-refractivity contribution in [2.75, 3.05) is 45.9 Å². The van der Waals surface area contributed by atoms with Gasteiger partial charge in [0.05, 0.1) is 25.5 Å². The van der Waals surface area contributed by atoms with Crippen molar-refractivity contribution in [3.63, 3.8) is 0 Å². The van der Waals surface area contributed by atoms with Crippen molar-refractivity contribution in [3.05, 3.63) is 65.9 Å². The molecule has 8 nitrogen and oxygen atoms in total. The molecule has 1 aromatic heterocycles. The van der Waals surface area contributed by atoms with Crippen LogP contribution in [0.3, 0.4) is 0 Å². The lowest BCUT2D eigenvalue weighted by molar-refractivity contribution is -0.134. The summed E-state index contributed by atoms with van der Waals surface area (Å²) in [4.78, 5) is 17.3. The summed E-state index contributed by atoms with van der Waals surface area (Å²) in [6.07, 6.45) is 8.20. The summed E-state index contributed by atoms with van der Waals surface area (Å²) in [5.74, 6) is 2.07. The third-order valence-corrected chi connectivity index (χ3v) is 7.87. The van der Waals surface area contributed by atoms with Crippen molar-refractivity contribution in [2.24, 2.45) is 5.16 Å². The monoisotopic (exact) mass is 518 g/mol. The van der Waals surface area contributed by atoms with E-state index in [0.29, 0.717) is 26.3 Å². The normalized spacial score (nSPS) is 21.8. The van der Waals surface area contributed by atoms with Crippen LogP contribution in [0, 0.1) is 0 Å². The number of hydrogen-bond donors (Lipinski definition) is 2. The molecule has 2 N–H and O–H groups in total. The first kappa shape index (κ1) is 26.3. The molecule has 0 spiro atoms. The maximum absolute atomic E-state index is 13.1. The highest BCUT2D eigenvalue weighted by atomic mass is 16.5. The highest BCUT2D eigenvalue weighted by molar-refractivity contribution is 6.02. The molecule has 1 amide bonds. The topological polar surface area (TPSA) is 90.5 Å². The van der Waals surface area contributed by atoms with Crippen molar-refractivity contribution in [2.45, 2.75) is 44.9 Å². The first-order valence-corrected chi connectivity index (χ1v) is 13.7. The SMILES string of the molecule is C=CN/C=C(\C)c1oc(C2CCCN(C(=O)CN3CCOCC3)C2)cc1-c1ccc2c(c1)CCC/C2=N\O. The van der Waals surface area contributed by atoms with E-state index in [4.69, 9.17) is 9.15 Å². The van der Waals surface area contributed by atoms with Crippen LogP contribution in [0.5, 0.6) is 0 Å². The van der Waals surface area contributed by atoms with Gasteiger partial charge in [-0.1, -0.05) is 29.9 Å². The number of nitrogens with zero attached hydrogens (tertiary/aromatic N) is 3. The molecule has 0 radical (unpaired) electrons. The molecule has 5 rings (SSSR count). The lowest BCUT2D eigenvalue weighted by atomic mass is 9.87. The highest BCUT2D eigenvalue weighted by Crippen LogP contribution is 2.38. The van der Waals surface area contributed by atoms with E-state index in [-0.39, 0.29) is 11.8 Å². The summed E-state index contributed by atoms with van der Waals surface area (Å²) in [5, 5.41) is 16.0. The molecule has 2 fully saturated rings. The number of carbonyl (C=O) groups is 1. The molecule has 3 heterocycles. The van der Waals surface area contributed by atoms with Gasteiger partial charge in [-0.15, -0.1) is 0 Å². The molecule has 0 saturated carbocycles. The molecule has 1 atom stereocenters. The van der Waals surface area contributed by atoms with Gasteiger partial charge in [0, 0.05) is 55.0 Å². The van der Waals surface area contributed by atoms with Gasteiger partial charge in [-0.2, -0.15) is 0 Å². The molecule has 2 aliphatic heterocycles. The number of oxime groups is 1. The van der Waals surface area contributed by atoms with E-state index in [0.717, 1.165) is 91.2 Å². The Balaban J connectivity index is 1.42. The molecule has 1 aromatic carbocycles. The van der Waals surface area contributed by atoms with E-state index in [9.17, 15) is 10.0 Å². The number of hydrogen-bond acceptors (Lipinski definition) is 7. The Bertz CT molecular complexity index is 1220. The van der Waals surface area contributed by atoms with Gasteiger partial charge in [-0.05, 0) is 62.4 Å². The van der Waals surface area contributed by atoms with Crippen LogP contribution in [0.25, 0.3) is 16.7 Å². The third kappa shape index (κ3) is 5.71. The fourth-order valence-electron chi connectivity index (χ4n) is 5.79. The molecule has 3 aliphatic rings. The zero-order valence-electron chi connectivity index (χ0n) is 22.2. The van der Waals surface area contributed by atoms with E-state index in [1.165, 1.54) is 5.56 Å². The standard InChI is InChI=1S/C30H38N4O4/c1-3-31-18-21(2)30-26(23-9-10-25-22(16-23)6-4-8-27(25)32-36)17-28(38-30)24-7-5-11-34(19-24)29(35)20-33-12-14-37-15-13-33/h3,9-10,16-18,24,31,36H,1,4-8,11-15,19-20H2,2H3/b21-18+,32-27+. The number of furan rings is 1. The Hall–Kier alpha value is -3.36. The summed E-state index contributed by atoms with van der Waals surface area (Å²) < 4.78 is 12.0. The smallest absolute Gasteiger partial charge is 0.236 e. The lowest BCUT2D eigenvalue weighted by Gasteiger charge is -2.34. The molecule has 1 unspecified atom stereocenters. The minimum Gasteiger partial charge on any atom is -0.460 e. The number of rotatable bonds is 7. The largest absolute Gasteiger partial charge is 0.460 e. The Morgan fingerprint density at radius 3 is 2.82 bits per heavy atom. The molecule has 2 saturated heterocycles. The first-order chi connectivity index (χ1) is 18.6. The Kier molecular flexibility index (Phi) is 8.29. The lowest BCUT2D eigenvalue weighted by Crippen LogP contribution is -2.47. The Labute approximate surface area is 224 Å². The van der Waals surface area contributed by atoms with Crippen LogP contribution in [0.2, 0.25) is 0 Å².